The summed E-state index contributed by atoms with van der Waals surface area (Å²) in [6, 6.07) is 10.9. The standard InChI is InChI=1S/C22H29N5O2/c1-18-3-2-4-19(15-18)25-9-11-27(12-10-25)21-16-20(23-17-24-21)26-7-5-22(6-8-26)28-13-14-29-22/h2-4,15-17H,5-14H2,1H3. The monoisotopic (exact) mass is 395 g/mol. The van der Waals surface area contributed by atoms with Crippen molar-refractivity contribution < 1.29 is 9.47 Å². The zero-order valence-corrected chi connectivity index (χ0v) is 17.1. The van der Waals surface area contributed by atoms with E-state index in [-0.39, 0.29) is 5.79 Å². The number of hydrogen-bond donors (Lipinski definition) is 0. The first-order valence-electron chi connectivity index (χ1n) is 10.6. The maximum atomic E-state index is 5.84. The summed E-state index contributed by atoms with van der Waals surface area (Å²) >= 11 is 0. The molecule has 1 aromatic heterocycles. The maximum Gasteiger partial charge on any atom is 0.171 e. The largest absolute Gasteiger partial charge is 0.368 e. The van der Waals surface area contributed by atoms with Crippen LogP contribution in [0.1, 0.15) is 18.4 Å². The number of ether oxygens (including phenoxy) is 2. The highest BCUT2D eigenvalue weighted by atomic mass is 16.7. The summed E-state index contributed by atoms with van der Waals surface area (Å²) in [6.45, 7) is 9.32. The van der Waals surface area contributed by atoms with E-state index in [2.05, 4.69) is 61.9 Å². The summed E-state index contributed by atoms with van der Waals surface area (Å²) in [7, 11) is 0. The first-order valence-corrected chi connectivity index (χ1v) is 10.6. The van der Waals surface area contributed by atoms with E-state index in [1.165, 1.54) is 11.3 Å². The molecule has 0 N–H and O–H groups in total. The summed E-state index contributed by atoms with van der Waals surface area (Å²) in [6.07, 6.45) is 3.48. The minimum Gasteiger partial charge on any atom is -0.368 e. The number of piperazine rings is 1. The van der Waals surface area contributed by atoms with Crippen molar-refractivity contribution in [2.45, 2.75) is 25.6 Å². The van der Waals surface area contributed by atoms with Crippen LogP contribution in [0.2, 0.25) is 0 Å². The molecular formula is C22H29N5O2. The van der Waals surface area contributed by atoms with Crippen molar-refractivity contribution in [3.05, 3.63) is 42.2 Å². The molecule has 2 aromatic rings. The van der Waals surface area contributed by atoms with E-state index in [1.807, 2.05) is 0 Å². The molecule has 3 fully saturated rings. The van der Waals surface area contributed by atoms with Crippen LogP contribution in [-0.4, -0.2) is 68.2 Å². The van der Waals surface area contributed by atoms with Gasteiger partial charge in [0.2, 0.25) is 0 Å². The lowest BCUT2D eigenvalue weighted by Gasteiger charge is -2.39. The highest BCUT2D eigenvalue weighted by molar-refractivity contribution is 5.53. The molecule has 0 radical (unpaired) electrons. The van der Waals surface area contributed by atoms with Gasteiger partial charge in [-0.1, -0.05) is 12.1 Å². The Morgan fingerprint density at radius 3 is 2.07 bits per heavy atom. The molecule has 3 aliphatic heterocycles. The van der Waals surface area contributed by atoms with Gasteiger partial charge in [0.05, 0.1) is 13.2 Å². The average Bonchev–Trinajstić information content (AvgIpc) is 3.22. The van der Waals surface area contributed by atoms with Gasteiger partial charge in [0.1, 0.15) is 18.0 Å². The molecule has 0 atom stereocenters. The second-order valence-corrected chi connectivity index (χ2v) is 8.14. The van der Waals surface area contributed by atoms with Gasteiger partial charge in [-0.2, -0.15) is 0 Å². The van der Waals surface area contributed by atoms with Crippen LogP contribution >= 0.6 is 0 Å². The van der Waals surface area contributed by atoms with Crippen LogP contribution in [-0.2, 0) is 9.47 Å². The molecule has 1 spiro atoms. The van der Waals surface area contributed by atoms with Crippen LogP contribution in [0.25, 0.3) is 0 Å². The number of aryl methyl sites for hydroxylation is 1. The summed E-state index contributed by atoms with van der Waals surface area (Å²) in [5.41, 5.74) is 2.62. The van der Waals surface area contributed by atoms with Gasteiger partial charge in [-0.25, -0.2) is 9.97 Å². The van der Waals surface area contributed by atoms with Crippen LogP contribution in [0.3, 0.4) is 0 Å². The highest BCUT2D eigenvalue weighted by Gasteiger charge is 2.40. The van der Waals surface area contributed by atoms with Gasteiger partial charge < -0.3 is 24.2 Å². The fourth-order valence-electron chi connectivity index (χ4n) is 4.56. The first-order chi connectivity index (χ1) is 14.2. The minimum atomic E-state index is -0.349. The number of piperidine rings is 1. The molecular weight excluding hydrogens is 366 g/mol. The third-order valence-corrected chi connectivity index (χ3v) is 6.27. The van der Waals surface area contributed by atoms with E-state index in [4.69, 9.17) is 9.47 Å². The summed E-state index contributed by atoms with van der Waals surface area (Å²) < 4.78 is 11.7. The summed E-state index contributed by atoms with van der Waals surface area (Å²) in [5.74, 6) is 1.68. The fourth-order valence-corrected chi connectivity index (χ4v) is 4.56. The second-order valence-electron chi connectivity index (χ2n) is 8.14. The van der Waals surface area contributed by atoms with Crippen molar-refractivity contribution in [3.63, 3.8) is 0 Å². The van der Waals surface area contributed by atoms with Crippen molar-refractivity contribution in [2.75, 3.05) is 67.2 Å². The molecule has 0 amide bonds. The Morgan fingerprint density at radius 2 is 1.41 bits per heavy atom. The number of hydrogen-bond acceptors (Lipinski definition) is 7. The van der Waals surface area contributed by atoms with Gasteiger partial charge in [-0.15, -0.1) is 0 Å². The van der Waals surface area contributed by atoms with Crippen molar-refractivity contribution in [1.29, 1.82) is 0 Å². The van der Waals surface area contributed by atoms with Gasteiger partial charge in [-0.3, -0.25) is 0 Å². The van der Waals surface area contributed by atoms with Gasteiger partial charge >= 0.3 is 0 Å². The third-order valence-electron chi connectivity index (χ3n) is 6.27. The number of benzene rings is 1. The lowest BCUT2D eigenvalue weighted by molar-refractivity contribution is -0.169. The molecule has 154 valence electrons. The fraction of sp³-hybridized carbons (Fsp3) is 0.545. The van der Waals surface area contributed by atoms with Crippen molar-refractivity contribution in [2.24, 2.45) is 0 Å². The number of rotatable bonds is 3. The van der Waals surface area contributed by atoms with Gasteiger partial charge in [0.25, 0.3) is 0 Å². The molecule has 7 nitrogen and oxygen atoms in total. The van der Waals surface area contributed by atoms with Crippen LogP contribution in [0.4, 0.5) is 17.3 Å². The third kappa shape index (κ3) is 3.89. The number of aromatic nitrogens is 2. The Hall–Kier alpha value is -2.38. The molecule has 29 heavy (non-hydrogen) atoms. The zero-order chi connectivity index (χ0) is 19.7. The Kier molecular flexibility index (Phi) is 5.01. The molecule has 3 aliphatic rings. The second kappa shape index (κ2) is 7.80. The Balaban J connectivity index is 1.22. The van der Waals surface area contributed by atoms with Gasteiger partial charge in [0, 0.05) is 63.9 Å². The quantitative estimate of drug-likeness (QED) is 0.791. The molecule has 5 rings (SSSR count). The zero-order valence-electron chi connectivity index (χ0n) is 17.1. The lowest BCUT2D eigenvalue weighted by atomic mass is 10.0. The molecule has 0 aliphatic carbocycles. The Labute approximate surface area is 172 Å². The minimum absolute atomic E-state index is 0.349. The average molecular weight is 396 g/mol. The van der Waals surface area contributed by atoms with E-state index >= 15 is 0 Å². The van der Waals surface area contributed by atoms with E-state index < -0.39 is 0 Å². The highest BCUT2D eigenvalue weighted by Crippen LogP contribution is 2.33. The van der Waals surface area contributed by atoms with E-state index in [9.17, 15) is 0 Å². The Bertz CT molecular complexity index is 837. The van der Waals surface area contributed by atoms with E-state index in [0.717, 1.165) is 63.7 Å². The molecule has 0 bridgehead atoms. The Morgan fingerprint density at radius 1 is 0.793 bits per heavy atom. The molecule has 0 unspecified atom stereocenters. The first kappa shape index (κ1) is 18.6. The predicted octanol–water partition coefficient (Wildman–Crippen LogP) is 2.45. The molecule has 0 saturated carbocycles. The lowest BCUT2D eigenvalue weighted by Crippen LogP contribution is -2.47. The summed E-state index contributed by atoms with van der Waals surface area (Å²) in [5, 5.41) is 0. The normalized spacial score (nSPS) is 21.8. The van der Waals surface area contributed by atoms with Crippen LogP contribution < -0.4 is 14.7 Å². The van der Waals surface area contributed by atoms with E-state index in [1.54, 1.807) is 6.33 Å². The SMILES string of the molecule is Cc1cccc(N2CCN(c3cc(N4CCC5(CC4)OCCO5)ncn3)CC2)c1. The number of anilines is 3. The molecule has 3 saturated heterocycles. The number of nitrogens with zero attached hydrogens (tertiary/aromatic N) is 5. The van der Waals surface area contributed by atoms with Crippen LogP contribution in [0.15, 0.2) is 36.7 Å². The molecule has 7 heteroatoms. The van der Waals surface area contributed by atoms with Crippen LogP contribution in [0.5, 0.6) is 0 Å². The topological polar surface area (TPSA) is 54.0 Å². The smallest absolute Gasteiger partial charge is 0.171 e. The van der Waals surface area contributed by atoms with Crippen molar-refractivity contribution >= 4 is 17.3 Å². The molecule has 4 heterocycles. The van der Waals surface area contributed by atoms with Crippen molar-refractivity contribution in [1.82, 2.24) is 9.97 Å². The van der Waals surface area contributed by atoms with Gasteiger partial charge in [-0.05, 0) is 24.6 Å². The van der Waals surface area contributed by atoms with Crippen molar-refractivity contribution in [3.8, 4) is 0 Å². The van der Waals surface area contributed by atoms with Gasteiger partial charge in [0.15, 0.2) is 5.79 Å². The predicted molar refractivity (Wildman–Crippen MR) is 114 cm³/mol. The summed E-state index contributed by atoms with van der Waals surface area (Å²) in [4.78, 5) is 16.2. The van der Waals surface area contributed by atoms with E-state index in [0.29, 0.717) is 13.2 Å². The van der Waals surface area contributed by atoms with Crippen LogP contribution in [0, 0.1) is 6.92 Å². The molecule has 1 aromatic carbocycles. The maximum absolute atomic E-state index is 5.84.